The van der Waals surface area contributed by atoms with Crippen LogP contribution in [-0.2, 0) is 9.59 Å². The fourth-order valence-electron chi connectivity index (χ4n) is 0.904. The second-order valence-corrected chi connectivity index (χ2v) is 2.81. The van der Waals surface area contributed by atoms with Gasteiger partial charge in [-0.3, -0.25) is 9.59 Å². The second-order valence-electron chi connectivity index (χ2n) is 2.81. The van der Waals surface area contributed by atoms with Gasteiger partial charge in [0, 0.05) is 11.1 Å². The van der Waals surface area contributed by atoms with Crippen LogP contribution >= 0.6 is 0 Å². The Morgan fingerprint density at radius 3 is 1.38 bits per heavy atom. The first-order valence-electron chi connectivity index (χ1n) is 4.31. The zero-order valence-electron chi connectivity index (χ0n) is 8.28. The normalized spacial score (nSPS) is 8.00. The fourth-order valence-corrected chi connectivity index (χ4v) is 0.904. The van der Waals surface area contributed by atoms with Crippen LogP contribution in [0.5, 0.6) is 0 Å². The Bertz CT molecular complexity index is 485. The number of hydrogen-bond donors (Lipinski definition) is 2. The molecule has 4 N–H and O–H groups in total. The molecule has 1 rings (SSSR count). The first-order valence-corrected chi connectivity index (χ1v) is 4.31. The van der Waals surface area contributed by atoms with Crippen molar-refractivity contribution < 1.29 is 9.59 Å². The van der Waals surface area contributed by atoms with Crippen molar-refractivity contribution in [2.24, 2.45) is 11.5 Å². The van der Waals surface area contributed by atoms with Crippen LogP contribution in [-0.4, -0.2) is 11.8 Å². The monoisotopic (exact) mass is 212 g/mol. The summed E-state index contributed by atoms with van der Waals surface area (Å²) in [5.74, 6) is 8.20. The number of rotatable bonds is 0. The lowest BCUT2D eigenvalue weighted by molar-refractivity contribution is -0.113. The van der Waals surface area contributed by atoms with E-state index in [0.29, 0.717) is 11.1 Å². The largest absolute Gasteiger partial charge is 0.359 e. The van der Waals surface area contributed by atoms with E-state index < -0.39 is 11.8 Å². The van der Waals surface area contributed by atoms with Crippen LogP contribution in [0.3, 0.4) is 0 Å². The average molecular weight is 212 g/mol. The lowest BCUT2D eigenvalue weighted by Crippen LogP contribution is -2.06. The van der Waals surface area contributed by atoms with Gasteiger partial charge in [-0.1, -0.05) is 11.8 Å². The van der Waals surface area contributed by atoms with E-state index >= 15 is 0 Å². The molecule has 0 saturated heterocycles. The molecule has 1 aromatic carbocycles. The number of hydrogen-bond acceptors (Lipinski definition) is 2. The molecule has 0 fully saturated rings. The summed E-state index contributed by atoms with van der Waals surface area (Å²) in [5.41, 5.74) is 11.0. The third-order valence-electron chi connectivity index (χ3n) is 1.54. The summed E-state index contributed by atoms with van der Waals surface area (Å²) in [4.78, 5) is 20.8. The van der Waals surface area contributed by atoms with Crippen LogP contribution in [0.2, 0.25) is 0 Å². The number of carbonyl (C=O) groups excluding carboxylic acids is 2. The molecule has 4 heteroatoms. The predicted octanol–water partition coefficient (Wildman–Crippen LogP) is -0.640. The maximum absolute atomic E-state index is 10.4. The maximum Gasteiger partial charge on any atom is 0.293 e. The lowest BCUT2D eigenvalue weighted by atomic mass is 10.1. The Morgan fingerprint density at radius 2 is 1.12 bits per heavy atom. The summed E-state index contributed by atoms with van der Waals surface area (Å²) >= 11 is 0. The highest BCUT2D eigenvalue weighted by Gasteiger charge is 1.89. The van der Waals surface area contributed by atoms with E-state index in [1.807, 2.05) is 0 Å². The Morgan fingerprint density at radius 1 is 0.812 bits per heavy atom. The van der Waals surface area contributed by atoms with Crippen molar-refractivity contribution in [3.8, 4) is 23.7 Å². The Balaban J connectivity index is 2.86. The van der Waals surface area contributed by atoms with Gasteiger partial charge in [0.05, 0.1) is 0 Å². The number of benzene rings is 1. The highest BCUT2D eigenvalue weighted by Crippen LogP contribution is 2.01. The Kier molecular flexibility index (Phi) is 3.71. The van der Waals surface area contributed by atoms with E-state index in [0.717, 1.165) is 0 Å². The average Bonchev–Trinajstić information content (AvgIpc) is 2.25. The highest BCUT2D eigenvalue weighted by molar-refractivity contribution is 5.93. The minimum Gasteiger partial charge on any atom is -0.359 e. The maximum atomic E-state index is 10.4. The van der Waals surface area contributed by atoms with Crippen molar-refractivity contribution in [2.45, 2.75) is 0 Å². The summed E-state index contributed by atoms with van der Waals surface area (Å²) in [6, 6.07) is 6.67. The van der Waals surface area contributed by atoms with Crippen LogP contribution in [0.1, 0.15) is 11.1 Å². The van der Waals surface area contributed by atoms with Gasteiger partial charge < -0.3 is 11.5 Å². The summed E-state index contributed by atoms with van der Waals surface area (Å²) in [6.45, 7) is 0. The van der Waals surface area contributed by atoms with E-state index in [4.69, 9.17) is 11.5 Å². The van der Waals surface area contributed by atoms with Crippen LogP contribution < -0.4 is 11.5 Å². The number of carbonyl (C=O) groups is 2. The van der Waals surface area contributed by atoms with E-state index in [1.165, 1.54) is 0 Å². The molecule has 0 aliphatic carbocycles. The van der Waals surface area contributed by atoms with Gasteiger partial charge >= 0.3 is 0 Å². The zero-order valence-corrected chi connectivity index (χ0v) is 8.28. The van der Waals surface area contributed by atoms with Gasteiger partial charge in [-0.15, -0.1) is 0 Å². The van der Waals surface area contributed by atoms with E-state index in [-0.39, 0.29) is 0 Å². The molecule has 0 saturated carbocycles. The molecule has 0 aromatic heterocycles. The van der Waals surface area contributed by atoms with Gasteiger partial charge in [-0.05, 0) is 36.1 Å². The van der Waals surface area contributed by atoms with Crippen molar-refractivity contribution in [2.75, 3.05) is 0 Å². The molecule has 0 aliphatic heterocycles. The molecule has 0 radical (unpaired) electrons. The minimum absolute atomic E-state index is 0.642. The van der Waals surface area contributed by atoms with E-state index in [2.05, 4.69) is 23.7 Å². The molecule has 0 unspecified atom stereocenters. The second kappa shape index (κ2) is 5.23. The van der Waals surface area contributed by atoms with Crippen molar-refractivity contribution in [1.29, 1.82) is 0 Å². The summed E-state index contributed by atoms with van der Waals surface area (Å²) < 4.78 is 0. The van der Waals surface area contributed by atoms with Gasteiger partial charge in [-0.25, -0.2) is 0 Å². The van der Waals surface area contributed by atoms with Crippen LogP contribution in [0.25, 0.3) is 0 Å². The number of nitrogens with two attached hydrogens (primary N) is 2. The molecule has 0 aliphatic rings. The summed E-state index contributed by atoms with van der Waals surface area (Å²) in [7, 11) is 0. The van der Waals surface area contributed by atoms with Crippen LogP contribution in [0.15, 0.2) is 24.3 Å². The van der Waals surface area contributed by atoms with Gasteiger partial charge in [0.15, 0.2) is 0 Å². The van der Waals surface area contributed by atoms with E-state index in [9.17, 15) is 9.59 Å². The molecule has 2 amide bonds. The summed E-state index contributed by atoms with van der Waals surface area (Å²) in [6.07, 6.45) is 0. The van der Waals surface area contributed by atoms with Gasteiger partial charge in [0.2, 0.25) is 0 Å². The standard InChI is InChI=1S/C12H8N2O2/c13-11(15)7-5-9-1-2-10(4-3-9)6-8-12(14)16/h1-4H,(H2,13,15)(H2,14,16). The molecule has 0 spiro atoms. The first-order chi connectivity index (χ1) is 7.58. The van der Waals surface area contributed by atoms with Gasteiger partial charge in [0.25, 0.3) is 11.8 Å². The third kappa shape index (κ3) is 3.99. The molecular weight excluding hydrogens is 204 g/mol. The van der Waals surface area contributed by atoms with Gasteiger partial charge in [-0.2, -0.15) is 0 Å². The summed E-state index contributed by atoms with van der Waals surface area (Å²) in [5, 5.41) is 0. The first kappa shape index (κ1) is 11.4. The molecule has 0 bridgehead atoms. The molecule has 78 valence electrons. The molecule has 1 aromatic rings. The topological polar surface area (TPSA) is 86.2 Å². The van der Waals surface area contributed by atoms with Crippen molar-refractivity contribution in [3.05, 3.63) is 35.4 Å². The van der Waals surface area contributed by atoms with Crippen LogP contribution in [0.4, 0.5) is 0 Å². The number of primary amides is 2. The van der Waals surface area contributed by atoms with Gasteiger partial charge in [0.1, 0.15) is 0 Å². The quantitative estimate of drug-likeness (QED) is 0.560. The lowest BCUT2D eigenvalue weighted by Gasteiger charge is -1.90. The smallest absolute Gasteiger partial charge is 0.293 e. The minimum atomic E-state index is -0.683. The molecule has 16 heavy (non-hydrogen) atoms. The van der Waals surface area contributed by atoms with Crippen molar-refractivity contribution in [1.82, 2.24) is 0 Å². The van der Waals surface area contributed by atoms with Crippen LogP contribution in [0, 0.1) is 23.7 Å². The molecule has 4 nitrogen and oxygen atoms in total. The SMILES string of the molecule is NC(=O)C#Cc1ccc(C#CC(N)=O)cc1. The molecule has 0 atom stereocenters. The Labute approximate surface area is 92.6 Å². The third-order valence-corrected chi connectivity index (χ3v) is 1.54. The number of amides is 2. The van der Waals surface area contributed by atoms with Crippen molar-refractivity contribution >= 4 is 11.8 Å². The molecule has 0 heterocycles. The highest BCUT2D eigenvalue weighted by atomic mass is 16.1. The molecular formula is C12H8N2O2. The predicted molar refractivity (Wildman–Crippen MR) is 58.6 cm³/mol. The Hall–Kier alpha value is -2.72. The van der Waals surface area contributed by atoms with E-state index in [1.54, 1.807) is 24.3 Å². The fraction of sp³-hybridized carbons (Fsp3) is 0. The van der Waals surface area contributed by atoms with Crippen molar-refractivity contribution in [3.63, 3.8) is 0 Å². The zero-order chi connectivity index (χ0) is 12.0.